The third-order valence-corrected chi connectivity index (χ3v) is 2.13. The lowest BCUT2D eigenvalue weighted by atomic mass is 10.1. The molecule has 0 atom stereocenters. The average molecular weight is 226 g/mol. The fourth-order valence-corrected chi connectivity index (χ4v) is 1.56. The maximum Gasteiger partial charge on any atom is 0.327 e. The molecule has 1 aliphatic rings. The molecule has 0 fully saturated rings. The topological polar surface area (TPSA) is 59.0 Å². The van der Waals surface area contributed by atoms with Crippen LogP contribution in [0.25, 0.3) is 0 Å². The van der Waals surface area contributed by atoms with Gasteiger partial charge in [0.1, 0.15) is 6.54 Å². The second-order valence-corrected chi connectivity index (χ2v) is 4.20. The van der Waals surface area contributed by atoms with Crippen molar-refractivity contribution in [1.82, 2.24) is 5.01 Å². The van der Waals surface area contributed by atoms with Crippen LogP contribution in [0.3, 0.4) is 0 Å². The molecule has 16 heavy (non-hydrogen) atoms. The van der Waals surface area contributed by atoms with Gasteiger partial charge >= 0.3 is 5.97 Å². The summed E-state index contributed by atoms with van der Waals surface area (Å²) in [5, 5.41) is 5.34. The molecular weight excluding hydrogens is 208 g/mol. The van der Waals surface area contributed by atoms with Gasteiger partial charge in [0.25, 0.3) is 0 Å². The quantitative estimate of drug-likeness (QED) is 0.661. The summed E-state index contributed by atoms with van der Waals surface area (Å²) in [6.07, 6.45) is 1.13. The molecule has 0 saturated heterocycles. The summed E-state index contributed by atoms with van der Waals surface area (Å²) in [7, 11) is 0. The van der Waals surface area contributed by atoms with E-state index >= 15 is 0 Å². The van der Waals surface area contributed by atoms with E-state index in [1.54, 1.807) is 6.92 Å². The smallest absolute Gasteiger partial charge is 0.327 e. The van der Waals surface area contributed by atoms with E-state index < -0.39 is 5.97 Å². The van der Waals surface area contributed by atoms with Crippen LogP contribution in [0.5, 0.6) is 0 Å². The molecule has 0 N–H and O–H groups in total. The minimum atomic E-state index is -0.412. The predicted molar refractivity (Wildman–Crippen MR) is 59.9 cm³/mol. The zero-order valence-electron chi connectivity index (χ0n) is 10.0. The number of carbonyl (C=O) groups is 2. The van der Waals surface area contributed by atoms with Crippen molar-refractivity contribution in [2.24, 2.45) is 11.0 Å². The number of ether oxygens (including phenoxy) is 1. The highest BCUT2D eigenvalue weighted by molar-refractivity contribution is 6.05. The Morgan fingerprint density at radius 1 is 1.56 bits per heavy atom. The lowest BCUT2D eigenvalue weighted by Crippen LogP contribution is -2.28. The predicted octanol–water partition coefficient (Wildman–Crippen LogP) is 1.18. The first-order valence-corrected chi connectivity index (χ1v) is 5.55. The zero-order chi connectivity index (χ0) is 12.1. The van der Waals surface area contributed by atoms with E-state index in [0.717, 1.165) is 12.1 Å². The molecule has 0 bridgehead atoms. The Morgan fingerprint density at radius 3 is 2.81 bits per heavy atom. The van der Waals surface area contributed by atoms with Crippen molar-refractivity contribution in [2.75, 3.05) is 13.2 Å². The van der Waals surface area contributed by atoms with Crippen molar-refractivity contribution in [3.63, 3.8) is 0 Å². The number of hydrazone groups is 1. The maximum absolute atomic E-state index is 11.5. The van der Waals surface area contributed by atoms with Gasteiger partial charge < -0.3 is 4.74 Å². The van der Waals surface area contributed by atoms with E-state index in [2.05, 4.69) is 18.9 Å². The van der Waals surface area contributed by atoms with Crippen molar-refractivity contribution < 1.29 is 14.3 Å². The highest BCUT2D eigenvalue weighted by Gasteiger charge is 2.26. The van der Waals surface area contributed by atoms with Gasteiger partial charge in [-0.25, -0.2) is 5.01 Å². The van der Waals surface area contributed by atoms with E-state index in [-0.39, 0.29) is 12.5 Å². The van der Waals surface area contributed by atoms with Crippen molar-refractivity contribution in [3.05, 3.63) is 0 Å². The summed E-state index contributed by atoms with van der Waals surface area (Å²) in [5.74, 6) is -0.0665. The first-order valence-electron chi connectivity index (χ1n) is 5.55. The number of amides is 1. The van der Waals surface area contributed by atoms with Crippen molar-refractivity contribution >= 4 is 17.6 Å². The fraction of sp³-hybridized carbons (Fsp3) is 0.727. The number of nitrogens with zero attached hydrogens (tertiary/aromatic N) is 2. The molecule has 0 aromatic carbocycles. The van der Waals surface area contributed by atoms with Crippen molar-refractivity contribution in [2.45, 2.75) is 33.6 Å². The molecule has 5 heteroatoms. The monoisotopic (exact) mass is 226 g/mol. The Bertz CT molecular complexity index is 310. The minimum Gasteiger partial charge on any atom is -0.465 e. The van der Waals surface area contributed by atoms with Gasteiger partial charge in [-0.15, -0.1) is 0 Å². The Balaban J connectivity index is 2.51. The van der Waals surface area contributed by atoms with Crippen molar-refractivity contribution in [3.8, 4) is 0 Å². The molecule has 0 unspecified atom stereocenters. The summed E-state index contributed by atoms with van der Waals surface area (Å²) in [6, 6.07) is 0. The second-order valence-electron chi connectivity index (χ2n) is 4.20. The summed E-state index contributed by atoms with van der Waals surface area (Å²) in [6.45, 7) is 6.12. The van der Waals surface area contributed by atoms with E-state index in [4.69, 9.17) is 4.74 Å². The second kappa shape index (κ2) is 5.63. The maximum atomic E-state index is 11.5. The van der Waals surface area contributed by atoms with Gasteiger partial charge in [0.15, 0.2) is 0 Å². The van der Waals surface area contributed by atoms with Crippen molar-refractivity contribution in [1.29, 1.82) is 0 Å². The van der Waals surface area contributed by atoms with Gasteiger partial charge in [-0.05, 0) is 19.3 Å². The molecule has 0 aliphatic carbocycles. The van der Waals surface area contributed by atoms with E-state index in [1.165, 1.54) is 5.01 Å². The molecule has 0 aromatic heterocycles. The van der Waals surface area contributed by atoms with Gasteiger partial charge in [-0.2, -0.15) is 5.10 Å². The number of hydrogen-bond donors (Lipinski definition) is 0. The van der Waals surface area contributed by atoms with E-state index in [1.807, 2.05) is 0 Å². The molecular formula is C11H18N2O3. The minimum absolute atomic E-state index is 0.0751. The van der Waals surface area contributed by atoms with Crippen LogP contribution < -0.4 is 0 Å². The van der Waals surface area contributed by atoms with Crippen LogP contribution in [0.15, 0.2) is 5.10 Å². The molecule has 0 radical (unpaired) electrons. The van der Waals surface area contributed by atoms with Gasteiger partial charge in [0, 0.05) is 5.71 Å². The molecule has 1 rings (SSSR count). The van der Waals surface area contributed by atoms with E-state index in [0.29, 0.717) is 18.9 Å². The number of hydrogen-bond acceptors (Lipinski definition) is 4. The summed E-state index contributed by atoms with van der Waals surface area (Å²) in [4.78, 5) is 22.7. The Morgan fingerprint density at radius 2 is 2.25 bits per heavy atom. The highest BCUT2D eigenvalue weighted by Crippen LogP contribution is 2.14. The Hall–Kier alpha value is -1.39. The van der Waals surface area contributed by atoms with Gasteiger partial charge in [0.05, 0.1) is 13.0 Å². The molecule has 0 aromatic rings. The normalized spacial score (nSPS) is 15.6. The third-order valence-electron chi connectivity index (χ3n) is 2.13. The standard InChI is InChI=1S/C11H18N2O3/c1-4-16-11(15)7-13-10(14)6-9(12-13)5-8(2)3/h8H,4-7H2,1-3H3. The molecule has 1 amide bonds. The van der Waals surface area contributed by atoms with Gasteiger partial charge in [-0.1, -0.05) is 13.8 Å². The summed E-state index contributed by atoms with van der Waals surface area (Å²) >= 11 is 0. The number of rotatable bonds is 5. The first-order chi connectivity index (χ1) is 7.52. The van der Waals surface area contributed by atoms with Crippen LogP contribution in [0, 0.1) is 5.92 Å². The molecule has 90 valence electrons. The van der Waals surface area contributed by atoms with Crippen LogP contribution in [-0.2, 0) is 14.3 Å². The average Bonchev–Trinajstić information content (AvgIpc) is 2.45. The Kier molecular flexibility index (Phi) is 4.46. The largest absolute Gasteiger partial charge is 0.465 e. The number of esters is 1. The van der Waals surface area contributed by atoms with Crippen LogP contribution in [0.2, 0.25) is 0 Å². The SMILES string of the molecule is CCOC(=O)CN1N=C(CC(C)C)CC1=O. The molecule has 0 saturated carbocycles. The van der Waals surface area contributed by atoms with Crippen LogP contribution >= 0.6 is 0 Å². The third kappa shape index (κ3) is 3.64. The van der Waals surface area contributed by atoms with Crippen LogP contribution in [0.1, 0.15) is 33.6 Å². The van der Waals surface area contributed by atoms with E-state index in [9.17, 15) is 9.59 Å². The molecule has 5 nitrogen and oxygen atoms in total. The zero-order valence-corrected chi connectivity index (χ0v) is 10.0. The highest BCUT2D eigenvalue weighted by atomic mass is 16.5. The molecule has 1 aliphatic heterocycles. The van der Waals surface area contributed by atoms with Gasteiger partial charge in [0.2, 0.25) is 5.91 Å². The first kappa shape index (κ1) is 12.7. The summed E-state index contributed by atoms with van der Waals surface area (Å²) in [5.41, 5.74) is 0.851. The van der Waals surface area contributed by atoms with Crippen LogP contribution in [0.4, 0.5) is 0 Å². The molecule has 1 heterocycles. The lowest BCUT2D eigenvalue weighted by Gasteiger charge is -2.09. The summed E-state index contributed by atoms with van der Waals surface area (Å²) < 4.78 is 4.77. The lowest BCUT2D eigenvalue weighted by molar-refractivity contribution is -0.148. The Labute approximate surface area is 95.4 Å². The van der Waals surface area contributed by atoms with Gasteiger partial charge in [-0.3, -0.25) is 9.59 Å². The van der Waals surface area contributed by atoms with Crippen LogP contribution in [-0.4, -0.2) is 35.7 Å². The molecule has 0 spiro atoms. The number of carbonyl (C=O) groups excluding carboxylic acids is 2. The fourth-order valence-electron chi connectivity index (χ4n) is 1.56.